The van der Waals surface area contributed by atoms with E-state index in [1.54, 1.807) is 31.2 Å². The van der Waals surface area contributed by atoms with Gasteiger partial charge in [-0.3, -0.25) is 4.98 Å². The molecule has 0 aromatic carbocycles. The van der Waals surface area contributed by atoms with Gasteiger partial charge in [-0.25, -0.2) is 0 Å². The maximum absolute atomic E-state index is 12.3. The third-order valence-electron chi connectivity index (χ3n) is 2.05. The van der Waals surface area contributed by atoms with Gasteiger partial charge in [0.15, 0.2) is 0 Å². The Morgan fingerprint density at radius 2 is 2.19 bits per heavy atom. The molecule has 1 nitrogen and oxygen atoms in total. The molecule has 0 radical (unpaired) electrons. The normalized spacial score (nSPS) is 12.6. The van der Waals surface area contributed by atoms with Gasteiger partial charge >= 0.3 is 6.18 Å². The molecule has 1 aromatic rings. The summed E-state index contributed by atoms with van der Waals surface area (Å²) in [5.74, 6) is 0. The fraction of sp³-hybridized carbons (Fsp3) is 0.250. The van der Waals surface area contributed by atoms with E-state index in [9.17, 15) is 13.2 Å². The Hall–Kier alpha value is -1.58. The smallest absolute Gasteiger partial charge is 0.260 e. The number of hydrogen-bond donors (Lipinski definition) is 0. The van der Waals surface area contributed by atoms with Crippen LogP contribution in [0.3, 0.4) is 0 Å². The standard InChI is InChI=1S/C12H12F3N/c1-3-5-9(2)10-6-4-7-16-11(10)8-12(13,14)15/h3-7H,1,8H2,2H3/b9-5-. The molecular weight excluding hydrogens is 215 g/mol. The van der Waals surface area contributed by atoms with Gasteiger partial charge in [-0.1, -0.05) is 24.8 Å². The van der Waals surface area contributed by atoms with Crippen molar-refractivity contribution in [1.82, 2.24) is 4.98 Å². The van der Waals surface area contributed by atoms with Gasteiger partial charge in [0.2, 0.25) is 0 Å². The van der Waals surface area contributed by atoms with E-state index in [0.29, 0.717) is 5.56 Å². The van der Waals surface area contributed by atoms with E-state index < -0.39 is 12.6 Å². The molecule has 1 aromatic heterocycles. The van der Waals surface area contributed by atoms with Crippen molar-refractivity contribution in [2.45, 2.75) is 19.5 Å². The van der Waals surface area contributed by atoms with Gasteiger partial charge in [-0.15, -0.1) is 0 Å². The lowest BCUT2D eigenvalue weighted by atomic mass is 10.0. The van der Waals surface area contributed by atoms with Gasteiger partial charge in [0.25, 0.3) is 0 Å². The Bertz CT molecular complexity index is 405. The van der Waals surface area contributed by atoms with Crippen LogP contribution in [0.15, 0.2) is 37.1 Å². The zero-order valence-electron chi connectivity index (χ0n) is 8.88. The predicted octanol–water partition coefficient (Wildman–Crippen LogP) is 3.78. The molecule has 0 fully saturated rings. The van der Waals surface area contributed by atoms with E-state index in [1.807, 2.05) is 0 Å². The van der Waals surface area contributed by atoms with Crippen molar-refractivity contribution in [2.24, 2.45) is 0 Å². The minimum Gasteiger partial charge on any atom is -0.260 e. The highest BCUT2D eigenvalue weighted by Crippen LogP contribution is 2.25. The minimum atomic E-state index is -4.24. The second kappa shape index (κ2) is 4.96. The molecule has 0 aliphatic heterocycles. The third-order valence-corrected chi connectivity index (χ3v) is 2.05. The van der Waals surface area contributed by atoms with Gasteiger partial charge in [-0.2, -0.15) is 13.2 Å². The monoisotopic (exact) mass is 227 g/mol. The maximum atomic E-state index is 12.3. The van der Waals surface area contributed by atoms with Crippen molar-refractivity contribution in [1.29, 1.82) is 0 Å². The van der Waals surface area contributed by atoms with Crippen molar-refractivity contribution in [3.63, 3.8) is 0 Å². The Kier molecular flexibility index (Phi) is 3.88. The van der Waals surface area contributed by atoms with Crippen LogP contribution in [0.2, 0.25) is 0 Å². The van der Waals surface area contributed by atoms with Crippen molar-refractivity contribution < 1.29 is 13.2 Å². The molecule has 0 bridgehead atoms. The molecule has 0 unspecified atom stereocenters. The first-order chi connectivity index (χ1) is 7.44. The Morgan fingerprint density at radius 1 is 1.50 bits per heavy atom. The summed E-state index contributed by atoms with van der Waals surface area (Å²) in [4.78, 5) is 3.77. The van der Waals surface area contributed by atoms with Crippen LogP contribution in [0.5, 0.6) is 0 Å². The minimum absolute atomic E-state index is 0.0469. The first-order valence-corrected chi connectivity index (χ1v) is 4.74. The molecule has 1 rings (SSSR count). The third kappa shape index (κ3) is 3.53. The van der Waals surface area contributed by atoms with Crippen molar-refractivity contribution >= 4 is 5.57 Å². The second-order valence-electron chi connectivity index (χ2n) is 3.37. The second-order valence-corrected chi connectivity index (χ2v) is 3.37. The number of rotatable bonds is 3. The van der Waals surface area contributed by atoms with Crippen LogP contribution < -0.4 is 0 Å². The average Bonchev–Trinajstić information content (AvgIpc) is 2.16. The molecule has 0 aliphatic carbocycles. The van der Waals surface area contributed by atoms with Gasteiger partial charge in [0.05, 0.1) is 12.1 Å². The van der Waals surface area contributed by atoms with Crippen LogP contribution >= 0.6 is 0 Å². The van der Waals surface area contributed by atoms with Crippen LogP contribution in [-0.4, -0.2) is 11.2 Å². The number of nitrogens with zero attached hydrogens (tertiary/aromatic N) is 1. The molecular formula is C12H12F3N. The quantitative estimate of drug-likeness (QED) is 0.716. The van der Waals surface area contributed by atoms with E-state index in [1.165, 1.54) is 6.20 Å². The molecule has 86 valence electrons. The molecule has 0 saturated carbocycles. The summed E-state index contributed by atoms with van der Waals surface area (Å²) in [5.41, 5.74) is 1.28. The zero-order chi connectivity index (χ0) is 12.2. The fourth-order valence-corrected chi connectivity index (χ4v) is 1.39. The number of allylic oxidation sites excluding steroid dienone is 3. The lowest BCUT2D eigenvalue weighted by Crippen LogP contribution is -2.14. The molecule has 4 heteroatoms. The maximum Gasteiger partial charge on any atom is 0.394 e. The highest BCUT2D eigenvalue weighted by molar-refractivity contribution is 5.66. The van der Waals surface area contributed by atoms with Crippen LogP contribution in [-0.2, 0) is 6.42 Å². The van der Waals surface area contributed by atoms with Crippen molar-refractivity contribution in [3.05, 3.63) is 48.3 Å². The number of aromatic nitrogens is 1. The summed E-state index contributed by atoms with van der Waals surface area (Å²) in [6.45, 7) is 5.25. The SMILES string of the molecule is C=C/C=C(/C)c1cccnc1CC(F)(F)F. The fourth-order valence-electron chi connectivity index (χ4n) is 1.39. The van der Waals surface area contributed by atoms with Crippen LogP contribution in [0.1, 0.15) is 18.2 Å². The zero-order valence-corrected chi connectivity index (χ0v) is 8.88. The number of halogens is 3. The van der Waals surface area contributed by atoms with Gasteiger partial charge < -0.3 is 0 Å². The largest absolute Gasteiger partial charge is 0.394 e. The highest BCUT2D eigenvalue weighted by atomic mass is 19.4. The van der Waals surface area contributed by atoms with Gasteiger partial charge in [0.1, 0.15) is 0 Å². The topological polar surface area (TPSA) is 12.9 Å². The van der Waals surface area contributed by atoms with Crippen LogP contribution in [0.4, 0.5) is 13.2 Å². The van der Waals surface area contributed by atoms with E-state index >= 15 is 0 Å². The van der Waals surface area contributed by atoms with Crippen molar-refractivity contribution in [2.75, 3.05) is 0 Å². The molecule has 0 spiro atoms. The van der Waals surface area contributed by atoms with Crippen LogP contribution in [0, 0.1) is 0 Å². The van der Waals surface area contributed by atoms with E-state index in [2.05, 4.69) is 11.6 Å². The molecule has 16 heavy (non-hydrogen) atoms. The summed E-state index contributed by atoms with van der Waals surface area (Å²) in [5, 5.41) is 0. The highest BCUT2D eigenvalue weighted by Gasteiger charge is 2.29. The lowest BCUT2D eigenvalue weighted by molar-refractivity contribution is -0.127. The Morgan fingerprint density at radius 3 is 2.75 bits per heavy atom. The molecule has 0 N–H and O–H groups in total. The molecule has 0 atom stereocenters. The summed E-state index contributed by atoms with van der Waals surface area (Å²) in [7, 11) is 0. The molecule has 1 heterocycles. The number of pyridine rings is 1. The summed E-state index contributed by atoms with van der Waals surface area (Å²) in [6, 6.07) is 3.25. The van der Waals surface area contributed by atoms with Gasteiger partial charge in [0, 0.05) is 6.20 Å². The first kappa shape index (κ1) is 12.5. The molecule has 0 saturated heterocycles. The Balaban J connectivity index is 3.10. The van der Waals surface area contributed by atoms with Crippen molar-refractivity contribution in [3.8, 4) is 0 Å². The summed E-state index contributed by atoms with van der Waals surface area (Å²) >= 11 is 0. The van der Waals surface area contributed by atoms with Gasteiger partial charge in [-0.05, 0) is 24.1 Å². The Labute approximate surface area is 92.3 Å². The predicted molar refractivity (Wildman–Crippen MR) is 57.8 cm³/mol. The lowest BCUT2D eigenvalue weighted by Gasteiger charge is -2.10. The first-order valence-electron chi connectivity index (χ1n) is 4.74. The summed E-state index contributed by atoms with van der Waals surface area (Å²) in [6.07, 6.45) is -0.675. The summed E-state index contributed by atoms with van der Waals surface area (Å²) < 4.78 is 36.9. The molecule has 0 amide bonds. The number of hydrogen-bond acceptors (Lipinski definition) is 1. The van der Waals surface area contributed by atoms with E-state index in [4.69, 9.17) is 0 Å². The average molecular weight is 227 g/mol. The van der Waals surface area contributed by atoms with E-state index in [0.717, 1.165) is 5.57 Å². The van der Waals surface area contributed by atoms with Crippen LogP contribution in [0.25, 0.3) is 5.57 Å². The molecule has 0 aliphatic rings. The number of alkyl halides is 3. The van der Waals surface area contributed by atoms with E-state index in [-0.39, 0.29) is 5.69 Å².